The van der Waals surface area contributed by atoms with E-state index in [1.165, 1.54) is 0 Å². The smallest absolute Gasteiger partial charge is 0.131 e. The van der Waals surface area contributed by atoms with E-state index in [1.54, 1.807) is 12.4 Å². The number of anilines is 1. The molecule has 0 spiro atoms. The molecule has 0 saturated carbocycles. The topological polar surface area (TPSA) is 43.8 Å². The third-order valence-corrected chi connectivity index (χ3v) is 2.54. The highest BCUT2D eigenvalue weighted by Crippen LogP contribution is 2.26. The monoisotopic (exact) mass is 233 g/mol. The lowest BCUT2D eigenvalue weighted by molar-refractivity contribution is 0.833. The number of nitrogen functional groups attached to an aromatic ring is 1. The van der Waals surface area contributed by atoms with E-state index in [0.29, 0.717) is 17.4 Å². The van der Waals surface area contributed by atoms with Crippen LogP contribution in [0.1, 0.15) is 0 Å². The van der Waals surface area contributed by atoms with Crippen LogP contribution in [-0.2, 0) is 6.54 Å². The molecule has 0 amide bonds. The summed E-state index contributed by atoms with van der Waals surface area (Å²) in [6, 6.07) is 7.48. The lowest BCUT2D eigenvalue weighted by atomic mass is 10.1. The van der Waals surface area contributed by atoms with Gasteiger partial charge in [0, 0.05) is 17.1 Å². The van der Waals surface area contributed by atoms with Crippen LogP contribution >= 0.6 is 11.6 Å². The van der Waals surface area contributed by atoms with Gasteiger partial charge < -0.3 is 10.3 Å². The molecule has 82 valence electrons. The fourth-order valence-corrected chi connectivity index (χ4v) is 1.72. The zero-order valence-electron chi connectivity index (χ0n) is 8.73. The molecule has 0 unspecified atom stereocenters. The average Bonchev–Trinajstić information content (AvgIpc) is 2.61. The van der Waals surface area contributed by atoms with Gasteiger partial charge in [0.05, 0.1) is 6.33 Å². The van der Waals surface area contributed by atoms with Gasteiger partial charge in [-0.1, -0.05) is 29.8 Å². The summed E-state index contributed by atoms with van der Waals surface area (Å²) in [6.07, 6.45) is 3.48. The number of nitrogens with two attached hydrogens (primary N) is 1. The van der Waals surface area contributed by atoms with E-state index in [1.807, 2.05) is 28.8 Å². The Morgan fingerprint density at radius 3 is 3.00 bits per heavy atom. The number of nitrogens with zero attached hydrogens (tertiary/aromatic N) is 2. The number of rotatable bonds is 3. The first-order chi connectivity index (χ1) is 7.72. The Labute approximate surface area is 99.2 Å². The van der Waals surface area contributed by atoms with Crippen molar-refractivity contribution in [1.29, 1.82) is 0 Å². The summed E-state index contributed by atoms with van der Waals surface area (Å²) >= 11 is 5.92. The molecular weight excluding hydrogens is 222 g/mol. The van der Waals surface area contributed by atoms with E-state index in [2.05, 4.69) is 11.6 Å². The van der Waals surface area contributed by atoms with Gasteiger partial charge in [-0.05, 0) is 12.1 Å². The Morgan fingerprint density at radius 1 is 1.50 bits per heavy atom. The lowest BCUT2D eigenvalue weighted by Crippen LogP contribution is -2.00. The molecule has 0 aliphatic heterocycles. The Balaban J connectivity index is 2.44. The number of halogens is 1. The SMILES string of the molecule is C=CCn1cnc(-c2cccc(Cl)c2)c1N. The summed E-state index contributed by atoms with van der Waals surface area (Å²) in [6.45, 7) is 4.32. The molecule has 16 heavy (non-hydrogen) atoms. The molecule has 1 aromatic heterocycles. The quantitative estimate of drug-likeness (QED) is 0.829. The molecule has 2 rings (SSSR count). The van der Waals surface area contributed by atoms with Crippen molar-refractivity contribution >= 4 is 17.4 Å². The second-order valence-electron chi connectivity index (χ2n) is 3.43. The minimum Gasteiger partial charge on any atom is -0.383 e. The van der Waals surface area contributed by atoms with Crippen molar-refractivity contribution in [2.45, 2.75) is 6.54 Å². The van der Waals surface area contributed by atoms with Crippen molar-refractivity contribution in [2.24, 2.45) is 0 Å². The number of hydrogen-bond acceptors (Lipinski definition) is 2. The number of imidazole rings is 1. The van der Waals surface area contributed by atoms with Crippen LogP contribution in [-0.4, -0.2) is 9.55 Å². The van der Waals surface area contributed by atoms with Gasteiger partial charge >= 0.3 is 0 Å². The van der Waals surface area contributed by atoms with Crippen molar-refractivity contribution < 1.29 is 0 Å². The van der Waals surface area contributed by atoms with Crippen molar-refractivity contribution in [3.8, 4) is 11.3 Å². The zero-order valence-corrected chi connectivity index (χ0v) is 9.48. The van der Waals surface area contributed by atoms with Gasteiger partial charge in [0.1, 0.15) is 11.5 Å². The maximum atomic E-state index is 5.98. The Bertz CT molecular complexity index is 517. The van der Waals surface area contributed by atoms with E-state index in [-0.39, 0.29) is 0 Å². The highest BCUT2D eigenvalue weighted by Gasteiger charge is 2.08. The summed E-state index contributed by atoms with van der Waals surface area (Å²) in [7, 11) is 0. The first kappa shape index (κ1) is 10.8. The Hall–Kier alpha value is -1.74. The van der Waals surface area contributed by atoms with Gasteiger partial charge in [0.25, 0.3) is 0 Å². The summed E-state index contributed by atoms with van der Waals surface area (Å²) in [5.74, 6) is 0.627. The van der Waals surface area contributed by atoms with Gasteiger partial charge in [0.2, 0.25) is 0 Å². The first-order valence-electron chi connectivity index (χ1n) is 4.90. The minimum absolute atomic E-state index is 0.627. The van der Waals surface area contributed by atoms with E-state index < -0.39 is 0 Å². The van der Waals surface area contributed by atoms with Crippen molar-refractivity contribution in [3.63, 3.8) is 0 Å². The summed E-state index contributed by atoms with van der Waals surface area (Å²) in [5, 5.41) is 0.676. The van der Waals surface area contributed by atoms with Crippen LogP contribution < -0.4 is 5.73 Å². The van der Waals surface area contributed by atoms with Crippen molar-refractivity contribution in [2.75, 3.05) is 5.73 Å². The van der Waals surface area contributed by atoms with Crippen molar-refractivity contribution in [3.05, 3.63) is 48.3 Å². The molecule has 3 nitrogen and oxygen atoms in total. The van der Waals surface area contributed by atoms with Crippen LogP contribution in [0.4, 0.5) is 5.82 Å². The van der Waals surface area contributed by atoms with Crippen LogP contribution in [0.5, 0.6) is 0 Å². The lowest BCUT2D eigenvalue weighted by Gasteiger charge is -2.02. The summed E-state index contributed by atoms with van der Waals surface area (Å²) in [4.78, 5) is 4.28. The predicted molar refractivity (Wildman–Crippen MR) is 67.3 cm³/mol. The highest BCUT2D eigenvalue weighted by atomic mass is 35.5. The Kier molecular flexibility index (Phi) is 2.97. The predicted octanol–water partition coefficient (Wildman–Crippen LogP) is 2.97. The van der Waals surface area contributed by atoms with Crippen LogP contribution in [0.3, 0.4) is 0 Å². The van der Waals surface area contributed by atoms with E-state index in [4.69, 9.17) is 17.3 Å². The van der Waals surface area contributed by atoms with E-state index in [9.17, 15) is 0 Å². The zero-order chi connectivity index (χ0) is 11.5. The fourth-order valence-electron chi connectivity index (χ4n) is 1.53. The summed E-state index contributed by atoms with van der Waals surface area (Å²) < 4.78 is 1.84. The second-order valence-corrected chi connectivity index (χ2v) is 3.87. The summed E-state index contributed by atoms with van der Waals surface area (Å²) in [5.41, 5.74) is 7.66. The maximum Gasteiger partial charge on any atom is 0.131 e. The Morgan fingerprint density at radius 2 is 2.31 bits per heavy atom. The number of allylic oxidation sites excluding steroid dienone is 1. The standard InChI is InChI=1S/C12H12ClN3/c1-2-6-16-8-15-11(12(16)14)9-4-3-5-10(13)7-9/h2-5,7-8H,1,6,14H2. The maximum absolute atomic E-state index is 5.98. The van der Waals surface area contributed by atoms with Gasteiger partial charge in [-0.15, -0.1) is 6.58 Å². The van der Waals surface area contributed by atoms with Crippen LogP contribution in [0.25, 0.3) is 11.3 Å². The largest absolute Gasteiger partial charge is 0.383 e. The molecular formula is C12H12ClN3. The van der Waals surface area contributed by atoms with Gasteiger partial charge in [-0.2, -0.15) is 0 Å². The molecule has 1 aromatic carbocycles. The molecule has 4 heteroatoms. The number of benzene rings is 1. The van der Waals surface area contributed by atoms with Gasteiger partial charge in [0.15, 0.2) is 0 Å². The minimum atomic E-state index is 0.627. The number of hydrogen-bond donors (Lipinski definition) is 1. The molecule has 0 aliphatic carbocycles. The third-order valence-electron chi connectivity index (χ3n) is 2.30. The highest BCUT2D eigenvalue weighted by molar-refractivity contribution is 6.30. The fraction of sp³-hybridized carbons (Fsp3) is 0.0833. The van der Waals surface area contributed by atoms with E-state index >= 15 is 0 Å². The van der Waals surface area contributed by atoms with Gasteiger partial charge in [-0.25, -0.2) is 4.98 Å². The normalized spacial score (nSPS) is 10.3. The number of aromatic nitrogens is 2. The second kappa shape index (κ2) is 4.41. The molecule has 2 aromatic rings. The molecule has 0 bridgehead atoms. The molecule has 0 atom stereocenters. The average molecular weight is 234 g/mol. The molecule has 0 aliphatic rings. The van der Waals surface area contributed by atoms with Crippen LogP contribution in [0.2, 0.25) is 5.02 Å². The van der Waals surface area contributed by atoms with Crippen LogP contribution in [0, 0.1) is 0 Å². The molecule has 0 fully saturated rings. The molecule has 0 radical (unpaired) electrons. The molecule has 2 N–H and O–H groups in total. The van der Waals surface area contributed by atoms with Crippen molar-refractivity contribution in [1.82, 2.24) is 9.55 Å². The van der Waals surface area contributed by atoms with Crippen LogP contribution in [0.15, 0.2) is 43.2 Å². The third kappa shape index (κ3) is 1.95. The van der Waals surface area contributed by atoms with Gasteiger partial charge in [-0.3, -0.25) is 0 Å². The first-order valence-corrected chi connectivity index (χ1v) is 5.27. The van der Waals surface area contributed by atoms with E-state index in [0.717, 1.165) is 11.3 Å². The molecule has 1 heterocycles. The molecule has 0 saturated heterocycles.